The summed E-state index contributed by atoms with van der Waals surface area (Å²) in [6.07, 6.45) is 3.47. The minimum atomic E-state index is -0.328. The van der Waals surface area contributed by atoms with Crippen LogP contribution in [0, 0.1) is 0 Å². The largest absolute Gasteiger partial charge is 0.463 e. The highest BCUT2D eigenvalue weighted by atomic mass is 16.5. The Labute approximate surface area is 168 Å². The van der Waals surface area contributed by atoms with E-state index in [1.54, 1.807) is 36.4 Å². The van der Waals surface area contributed by atoms with Crippen LogP contribution in [0.25, 0.3) is 22.1 Å². The number of ether oxygens (including phenoxy) is 2. The number of esters is 2. The summed E-state index contributed by atoms with van der Waals surface area (Å²) in [7, 11) is 0. The van der Waals surface area contributed by atoms with Crippen molar-refractivity contribution in [3.8, 4) is 22.6 Å². The van der Waals surface area contributed by atoms with Gasteiger partial charge in [-0.25, -0.2) is 0 Å². The normalized spacial score (nSPS) is 10.7. The molecule has 0 atom stereocenters. The van der Waals surface area contributed by atoms with E-state index in [9.17, 15) is 14.4 Å². The minimum Gasteiger partial charge on any atom is -0.463 e. The molecule has 150 valence electrons. The first-order valence-corrected chi connectivity index (χ1v) is 9.59. The van der Waals surface area contributed by atoms with Crippen molar-refractivity contribution >= 4 is 22.9 Å². The Morgan fingerprint density at radius 1 is 0.862 bits per heavy atom. The average molecular weight is 394 g/mol. The molecule has 6 heteroatoms. The van der Waals surface area contributed by atoms with Gasteiger partial charge >= 0.3 is 11.9 Å². The maximum Gasteiger partial charge on any atom is 0.311 e. The average Bonchev–Trinajstić information content (AvgIpc) is 2.69. The molecule has 0 N–H and O–H groups in total. The second kappa shape index (κ2) is 9.19. The van der Waals surface area contributed by atoms with Crippen LogP contribution in [0.4, 0.5) is 0 Å². The molecule has 0 fully saturated rings. The molecule has 1 heterocycles. The second-order valence-corrected chi connectivity index (χ2v) is 6.61. The maximum atomic E-state index is 12.9. The van der Waals surface area contributed by atoms with Crippen molar-refractivity contribution in [3.05, 3.63) is 59.0 Å². The van der Waals surface area contributed by atoms with E-state index in [-0.39, 0.29) is 17.4 Å². The molecule has 0 aliphatic rings. The van der Waals surface area contributed by atoms with Gasteiger partial charge in [-0.1, -0.05) is 26.0 Å². The molecule has 0 aliphatic heterocycles. The van der Waals surface area contributed by atoms with Crippen LogP contribution < -0.4 is 14.9 Å². The van der Waals surface area contributed by atoms with Gasteiger partial charge in [-0.15, -0.1) is 0 Å². The molecule has 0 bridgehead atoms. The number of rotatable bonds is 7. The van der Waals surface area contributed by atoms with Crippen molar-refractivity contribution in [2.75, 3.05) is 0 Å². The van der Waals surface area contributed by atoms with E-state index in [1.807, 2.05) is 13.8 Å². The number of hydrogen-bond donors (Lipinski definition) is 0. The summed E-state index contributed by atoms with van der Waals surface area (Å²) in [5.74, 6) is 0.146. The number of carbonyl (C=O) groups is 2. The van der Waals surface area contributed by atoms with E-state index in [0.717, 1.165) is 0 Å². The molecule has 6 nitrogen and oxygen atoms in total. The zero-order valence-electron chi connectivity index (χ0n) is 16.4. The summed E-state index contributed by atoms with van der Waals surface area (Å²) in [6.45, 7) is 3.80. The number of benzene rings is 2. The summed E-state index contributed by atoms with van der Waals surface area (Å²) in [6, 6.07) is 11.4. The molecule has 0 saturated carbocycles. The van der Waals surface area contributed by atoms with Crippen molar-refractivity contribution in [1.82, 2.24) is 0 Å². The van der Waals surface area contributed by atoms with Crippen molar-refractivity contribution in [2.45, 2.75) is 39.5 Å². The Bertz CT molecular complexity index is 1080. The van der Waals surface area contributed by atoms with Gasteiger partial charge in [0.15, 0.2) is 5.43 Å². The van der Waals surface area contributed by atoms with Crippen LogP contribution in [-0.4, -0.2) is 11.9 Å². The van der Waals surface area contributed by atoms with Gasteiger partial charge in [0.2, 0.25) is 0 Å². The van der Waals surface area contributed by atoms with Gasteiger partial charge in [0.25, 0.3) is 0 Å². The highest BCUT2D eigenvalue weighted by Gasteiger charge is 2.12. The third-order valence-corrected chi connectivity index (χ3v) is 4.28. The first-order valence-electron chi connectivity index (χ1n) is 9.59. The van der Waals surface area contributed by atoms with Crippen molar-refractivity contribution in [3.63, 3.8) is 0 Å². The number of fused-ring (bicyclic) bond motifs is 1. The quantitative estimate of drug-likeness (QED) is 0.420. The van der Waals surface area contributed by atoms with Crippen LogP contribution in [0.3, 0.4) is 0 Å². The van der Waals surface area contributed by atoms with Crippen LogP contribution in [0.5, 0.6) is 11.5 Å². The Morgan fingerprint density at radius 2 is 1.45 bits per heavy atom. The standard InChI is InChI=1S/C23H22O6/c1-3-5-21(24)28-16-9-7-15(8-10-16)19-14-27-20-13-17(29-22(25)6-4-2)11-12-18(20)23(19)26/h7-14H,3-6H2,1-2H3. The smallest absolute Gasteiger partial charge is 0.311 e. The zero-order chi connectivity index (χ0) is 20.8. The fourth-order valence-corrected chi connectivity index (χ4v) is 2.85. The Morgan fingerprint density at radius 3 is 2.07 bits per heavy atom. The first-order chi connectivity index (χ1) is 14.0. The van der Waals surface area contributed by atoms with E-state index in [1.165, 1.54) is 12.3 Å². The van der Waals surface area contributed by atoms with Gasteiger partial charge in [0, 0.05) is 18.9 Å². The highest BCUT2D eigenvalue weighted by molar-refractivity contribution is 5.83. The van der Waals surface area contributed by atoms with Gasteiger partial charge in [-0.05, 0) is 42.7 Å². The summed E-state index contributed by atoms with van der Waals surface area (Å²) in [5, 5.41) is 0.385. The molecule has 0 saturated heterocycles. The molecule has 0 amide bonds. The highest BCUT2D eigenvalue weighted by Crippen LogP contribution is 2.25. The van der Waals surface area contributed by atoms with Crippen molar-refractivity contribution in [1.29, 1.82) is 0 Å². The molecule has 29 heavy (non-hydrogen) atoms. The van der Waals surface area contributed by atoms with Crippen molar-refractivity contribution < 1.29 is 23.5 Å². The third-order valence-electron chi connectivity index (χ3n) is 4.28. The molecule has 0 aliphatic carbocycles. The second-order valence-electron chi connectivity index (χ2n) is 6.61. The monoisotopic (exact) mass is 394 g/mol. The molecule has 0 radical (unpaired) electrons. The lowest BCUT2D eigenvalue weighted by atomic mass is 10.1. The Hall–Kier alpha value is -3.41. The molecule has 1 aromatic heterocycles. The fraction of sp³-hybridized carbons (Fsp3) is 0.261. The lowest BCUT2D eigenvalue weighted by molar-refractivity contribution is -0.135. The molecule has 3 aromatic rings. The van der Waals surface area contributed by atoms with Crippen LogP contribution >= 0.6 is 0 Å². The topological polar surface area (TPSA) is 82.8 Å². The fourth-order valence-electron chi connectivity index (χ4n) is 2.85. The van der Waals surface area contributed by atoms with Gasteiger partial charge < -0.3 is 13.9 Å². The molecular formula is C23H22O6. The van der Waals surface area contributed by atoms with Crippen molar-refractivity contribution in [2.24, 2.45) is 0 Å². The van der Waals surface area contributed by atoms with Gasteiger partial charge in [0.05, 0.1) is 10.9 Å². The predicted octanol–water partition coefficient (Wildman–Crippen LogP) is 4.87. The molecular weight excluding hydrogens is 372 g/mol. The first kappa shape index (κ1) is 20.3. The minimum absolute atomic E-state index is 0.201. The van der Waals surface area contributed by atoms with E-state index >= 15 is 0 Å². The predicted molar refractivity (Wildman–Crippen MR) is 109 cm³/mol. The lowest BCUT2D eigenvalue weighted by Gasteiger charge is -2.07. The Balaban J connectivity index is 1.85. The Kier molecular flexibility index (Phi) is 6.44. The van der Waals surface area contributed by atoms with E-state index < -0.39 is 0 Å². The zero-order valence-corrected chi connectivity index (χ0v) is 16.4. The van der Waals surface area contributed by atoms with Crippen LogP contribution in [0.1, 0.15) is 39.5 Å². The molecule has 3 rings (SSSR count). The van der Waals surface area contributed by atoms with Gasteiger partial charge in [-0.3, -0.25) is 14.4 Å². The third kappa shape index (κ3) is 4.90. The van der Waals surface area contributed by atoms with E-state index in [4.69, 9.17) is 13.9 Å². The van der Waals surface area contributed by atoms with Gasteiger partial charge in [0.1, 0.15) is 23.3 Å². The van der Waals surface area contributed by atoms with E-state index in [2.05, 4.69) is 0 Å². The summed E-state index contributed by atoms with van der Waals surface area (Å²) in [4.78, 5) is 36.1. The van der Waals surface area contributed by atoms with Crippen LogP contribution in [-0.2, 0) is 9.59 Å². The molecule has 0 spiro atoms. The maximum absolute atomic E-state index is 12.9. The number of carbonyl (C=O) groups excluding carboxylic acids is 2. The summed E-state index contributed by atoms with van der Waals surface area (Å²) >= 11 is 0. The van der Waals surface area contributed by atoms with Crippen LogP contribution in [0.2, 0.25) is 0 Å². The van der Waals surface area contributed by atoms with Crippen LogP contribution in [0.15, 0.2) is 57.9 Å². The molecule has 2 aromatic carbocycles. The molecule has 0 unspecified atom stereocenters. The summed E-state index contributed by atoms with van der Waals surface area (Å²) < 4.78 is 16.1. The van der Waals surface area contributed by atoms with Gasteiger partial charge in [-0.2, -0.15) is 0 Å². The van der Waals surface area contributed by atoms with E-state index in [0.29, 0.717) is 59.3 Å². The SMILES string of the molecule is CCCC(=O)Oc1ccc(-c2coc3cc(OC(=O)CCC)ccc3c2=O)cc1. The lowest BCUT2D eigenvalue weighted by Crippen LogP contribution is -2.08. The summed E-state index contributed by atoms with van der Waals surface area (Å²) in [5.41, 5.74) is 1.17. The number of hydrogen-bond acceptors (Lipinski definition) is 6.